The van der Waals surface area contributed by atoms with Crippen molar-refractivity contribution in [1.82, 2.24) is 14.9 Å². The van der Waals surface area contributed by atoms with E-state index >= 15 is 0 Å². The molecule has 4 rings (SSSR count). The summed E-state index contributed by atoms with van der Waals surface area (Å²) in [5.41, 5.74) is 2.30. The zero-order valence-corrected chi connectivity index (χ0v) is 15.3. The van der Waals surface area contributed by atoms with Crippen LogP contribution in [-0.4, -0.2) is 48.2 Å². The lowest BCUT2D eigenvalue weighted by atomic mass is 10.1. The molecule has 0 N–H and O–H groups in total. The van der Waals surface area contributed by atoms with Crippen molar-refractivity contribution in [3.63, 3.8) is 0 Å². The molecule has 1 atom stereocenters. The molecule has 0 amide bonds. The summed E-state index contributed by atoms with van der Waals surface area (Å²) in [6.07, 6.45) is 1.67. The van der Waals surface area contributed by atoms with Crippen LogP contribution in [0.1, 0.15) is 18.5 Å². The third-order valence-corrected chi connectivity index (χ3v) is 5.26. The van der Waals surface area contributed by atoms with E-state index in [4.69, 9.17) is 4.74 Å². The van der Waals surface area contributed by atoms with Gasteiger partial charge in [-0.25, -0.2) is 9.97 Å². The Hall–Kier alpha value is -2.66. The topological polar surface area (TPSA) is 41.5 Å². The van der Waals surface area contributed by atoms with Crippen molar-refractivity contribution in [2.75, 3.05) is 38.2 Å². The molecule has 2 aromatic carbocycles. The van der Waals surface area contributed by atoms with Crippen LogP contribution in [0.2, 0.25) is 0 Å². The number of para-hydroxylation sites is 1. The van der Waals surface area contributed by atoms with Crippen LogP contribution >= 0.6 is 0 Å². The highest BCUT2D eigenvalue weighted by molar-refractivity contribution is 5.89. The minimum atomic E-state index is 0.370. The van der Waals surface area contributed by atoms with Gasteiger partial charge in [-0.2, -0.15) is 0 Å². The number of hydrogen-bond acceptors (Lipinski definition) is 5. The molecule has 26 heavy (non-hydrogen) atoms. The molecule has 1 saturated heterocycles. The molecule has 0 aliphatic carbocycles. The predicted octanol–water partition coefficient (Wildman–Crippen LogP) is 3.52. The van der Waals surface area contributed by atoms with Crippen LogP contribution in [0.15, 0.2) is 54.9 Å². The van der Waals surface area contributed by atoms with E-state index in [9.17, 15) is 0 Å². The number of piperazine rings is 1. The Labute approximate surface area is 154 Å². The van der Waals surface area contributed by atoms with Crippen LogP contribution < -0.4 is 9.64 Å². The van der Waals surface area contributed by atoms with Crippen LogP contribution in [-0.2, 0) is 0 Å². The number of benzene rings is 2. The minimum absolute atomic E-state index is 0.370. The van der Waals surface area contributed by atoms with E-state index in [0.29, 0.717) is 6.04 Å². The molecule has 0 saturated carbocycles. The Balaban J connectivity index is 1.48. The second kappa shape index (κ2) is 7.30. The fourth-order valence-corrected chi connectivity index (χ4v) is 3.68. The van der Waals surface area contributed by atoms with Crippen LogP contribution in [0, 0.1) is 0 Å². The first kappa shape index (κ1) is 16.8. The number of methoxy groups -OCH3 is 1. The molecule has 1 unspecified atom stereocenters. The standard InChI is InChI=1S/C21H24N4O/c1-16(17-6-5-7-18(14-17)26-2)24-10-12-25(13-11-24)21-19-8-3-4-9-20(19)22-15-23-21/h3-9,14-16H,10-13H2,1-2H3. The summed E-state index contributed by atoms with van der Waals surface area (Å²) in [6.45, 7) is 6.22. The van der Waals surface area contributed by atoms with Gasteiger partial charge in [-0.1, -0.05) is 24.3 Å². The second-order valence-electron chi connectivity index (χ2n) is 6.69. The third-order valence-electron chi connectivity index (χ3n) is 5.26. The van der Waals surface area contributed by atoms with E-state index in [2.05, 4.69) is 57.0 Å². The Bertz CT molecular complexity index is 885. The maximum atomic E-state index is 5.37. The van der Waals surface area contributed by atoms with Crippen molar-refractivity contribution in [1.29, 1.82) is 0 Å². The molecule has 1 aromatic heterocycles. The fraction of sp³-hybridized carbons (Fsp3) is 0.333. The molecule has 134 valence electrons. The van der Waals surface area contributed by atoms with Gasteiger partial charge in [-0.05, 0) is 36.8 Å². The molecule has 2 heterocycles. The van der Waals surface area contributed by atoms with Gasteiger partial charge in [-0.15, -0.1) is 0 Å². The number of rotatable bonds is 4. The lowest BCUT2D eigenvalue weighted by Crippen LogP contribution is -2.47. The van der Waals surface area contributed by atoms with Crippen molar-refractivity contribution in [2.45, 2.75) is 13.0 Å². The van der Waals surface area contributed by atoms with E-state index in [-0.39, 0.29) is 0 Å². The van der Waals surface area contributed by atoms with Gasteiger partial charge in [0.25, 0.3) is 0 Å². The molecule has 3 aromatic rings. The van der Waals surface area contributed by atoms with Gasteiger partial charge in [0, 0.05) is 37.6 Å². The fourth-order valence-electron chi connectivity index (χ4n) is 3.68. The zero-order chi connectivity index (χ0) is 17.9. The smallest absolute Gasteiger partial charge is 0.139 e. The summed E-state index contributed by atoms with van der Waals surface area (Å²) in [4.78, 5) is 13.8. The second-order valence-corrected chi connectivity index (χ2v) is 6.69. The summed E-state index contributed by atoms with van der Waals surface area (Å²) in [6, 6.07) is 17.0. The quantitative estimate of drug-likeness (QED) is 0.722. The molecule has 1 aliphatic heterocycles. The average molecular weight is 348 g/mol. The van der Waals surface area contributed by atoms with Crippen molar-refractivity contribution >= 4 is 16.7 Å². The number of ether oxygens (including phenoxy) is 1. The first-order chi connectivity index (χ1) is 12.8. The lowest BCUT2D eigenvalue weighted by Gasteiger charge is -2.39. The van der Waals surface area contributed by atoms with Crippen molar-refractivity contribution in [3.8, 4) is 5.75 Å². The monoisotopic (exact) mass is 348 g/mol. The maximum absolute atomic E-state index is 5.37. The van der Waals surface area contributed by atoms with Gasteiger partial charge in [0.05, 0.1) is 12.6 Å². The Morgan fingerprint density at radius 3 is 2.58 bits per heavy atom. The predicted molar refractivity (Wildman–Crippen MR) is 105 cm³/mol. The average Bonchev–Trinajstić information content (AvgIpc) is 2.73. The molecule has 0 bridgehead atoms. The van der Waals surface area contributed by atoms with E-state index in [1.165, 1.54) is 5.56 Å². The highest BCUT2D eigenvalue weighted by Gasteiger charge is 2.24. The number of fused-ring (bicyclic) bond motifs is 1. The Kier molecular flexibility index (Phi) is 4.71. The molecule has 1 fully saturated rings. The van der Waals surface area contributed by atoms with E-state index in [1.54, 1.807) is 13.4 Å². The maximum Gasteiger partial charge on any atom is 0.139 e. The Morgan fingerprint density at radius 1 is 0.962 bits per heavy atom. The van der Waals surface area contributed by atoms with Gasteiger partial charge >= 0.3 is 0 Å². The molecular weight excluding hydrogens is 324 g/mol. The van der Waals surface area contributed by atoms with Crippen LogP contribution in [0.3, 0.4) is 0 Å². The summed E-state index contributed by atoms with van der Waals surface area (Å²) in [5, 5.41) is 1.13. The molecular formula is C21H24N4O. The molecule has 5 heteroatoms. The molecule has 0 radical (unpaired) electrons. The minimum Gasteiger partial charge on any atom is -0.497 e. The van der Waals surface area contributed by atoms with Gasteiger partial charge in [0.1, 0.15) is 17.9 Å². The van der Waals surface area contributed by atoms with E-state index < -0.39 is 0 Å². The van der Waals surface area contributed by atoms with Gasteiger partial charge < -0.3 is 9.64 Å². The highest BCUT2D eigenvalue weighted by atomic mass is 16.5. The number of nitrogens with zero attached hydrogens (tertiary/aromatic N) is 4. The van der Waals surface area contributed by atoms with Gasteiger partial charge in [0.15, 0.2) is 0 Å². The van der Waals surface area contributed by atoms with E-state index in [0.717, 1.165) is 48.6 Å². The largest absolute Gasteiger partial charge is 0.497 e. The lowest BCUT2D eigenvalue weighted by molar-refractivity contribution is 0.198. The summed E-state index contributed by atoms with van der Waals surface area (Å²) in [7, 11) is 1.72. The number of hydrogen-bond donors (Lipinski definition) is 0. The zero-order valence-electron chi connectivity index (χ0n) is 15.3. The van der Waals surface area contributed by atoms with Gasteiger partial charge in [0.2, 0.25) is 0 Å². The van der Waals surface area contributed by atoms with Crippen LogP contribution in [0.5, 0.6) is 5.75 Å². The number of aromatic nitrogens is 2. The molecule has 5 nitrogen and oxygen atoms in total. The van der Waals surface area contributed by atoms with Crippen molar-refractivity contribution in [2.24, 2.45) is 0 Å². The normalized spacial score (nSPS) is 16.6. The van der Waals surface area contributed by atoms with E-state index in [1.807, 2.05) is 18.2 Å². The molecule has 1 aliphatic rings. The summed E-state index contributed by atoms with van der Waals surface area (Å²) < 4.78 is 5.37. The van der Waals surface area contributed by atoms with Crippen LogP contribution in [0.25, 0.3) is 10.9 Å². The van der Waals surface area contributed by atoms with Crippen LogP contribution in [0.4, 0.5) is 5.82 Å². The Morgan fingerprint density at radius 2 is 1.77 bits per heavy atom. The first-order valence-corrected chi connectivity index (χ1v) is 9.09. The third kappa shape index (κ3) is 3.22. The SMILES string of the molecule is COc1cccc(C(C)N2CCN(c3ncnc4ccccc34)CC2)c1. The highest BCUT2D eigenvalue weighted by Crippen LogP contribution is 2.27. The van der Waals surface area contributed by atoms with Gasteiger partial charge in [-0.3, -0.25) is 4.90 Å². The summed E-state index contributed by atoms with van der Waals surface area (Å²) in [5.74, 6) is 1.96. The number of anilines is 1. The molecule has 0 spiro atoms. The summed E-state index contributed by atoms with van der Waals surface area (Å²) >= 11 is 0. The van der Waals surface area contributed by atoms with Crippen molar-refractivity contribution in [3.05, 3.63) is 60.4 Å². The van der Waals surface area contributed by atoms with Crippen molar-refractivity contribution < 1.29 is 4.74 Å². The first-order valence-electron chi connectivity index (χ1n) is 9.09.